The van der Waals surface area contributed by atoms with Gasteiger partial charge in [0.25, 0.3) is 0 Å². The van der Waals surface area contributed by atoms with E-state index in [1.165, 1.54) is 16.2 Å². The molecular formula is C23H28NOPS. The predicted octanol–water partition coefficient (Wildman–Crippen LogP) is 4.43. The molecule has 0 saturated carbocycles. The molecule has 1 aliphatic rings. The molecule has 2 atom stereocenters. The monoisotopic (exact) mass is 397 g/mol. The number of rotatable bonds is 7. The van der Waals surface area contributed by atoms with Gasteiger partial charge >= 0.3 is 0 Å². The van der Waals surface area contributed by atoms with Gasteiger partial charge in [-0.2, -0.15) is 0 Å². The Morgan fingerprint density at radius 2 is 1.56 bits per heavy atom. The van der Waals surface area contributed by atoms with E-state index in [1.54, 1.807) is 0 Å². The number of hydrogen-bond acceptors (Lipinski definition) is 1. The normalized spacial score (nSPS) is 16.4. The molecule has 0 unspecified atom stereocenters. The Hall–Kier alpha value is -1.54. The highest BCUT2D eigenvalue weighted by atomic mass is 32.2. The smallest absolute Gasteiger partial charge is 0.0975 e. The first kappa shape index (κ1) is 20.2. The zero-order valence-electron chi connectivity index (χ0n) is 16.3. The van der Waals surface area contributed by atoms with E-state index in [0.29, 0.717) is 0 Å². The van der Waals surface area contributed by atoms with Crippen LogP contribution < -0.4 is 15.3 Å². The zero-order valence-corrected chi connectivity index (χ0v) is 18.0. The van der Waals surface area contributed by atoms with Crippen LogP contribution in [0.3, 0.4) is 0 Å². The molecule has 0 heterocycles. The average molecular weight is 398 g/mol. The Bertz CT molecular complexity index is 785. The van der Waals surface area contributed by atoms with E-state index in [4.69, 9.17) is 0 Å². The van der Waals surface area contributed by atoms with Gasteiger partial charge in [-0.1, -0.05) is 78.9 Å². The van der Waals surface area contributed by atoms with Crippen molar-refractivity contribution in [3.8, 4) is 0 Å². The van der Waals surface area contributed by atoms with Crippen LogP contribution in [0.4, 0.5) is 0 Å². The number of nitrogens with one attached hydrogen (secondary N) is 1. The van der Waals surface area contributed by atoms with Gasteiger partial charge in [-0.05, 0) is 57.5 Å². The first-order valence-electron chi connectivity index (χ1n) is 9.36. The lowest BCUT2D eigenvalue weighted by Gasteiger charge is -2.29. The van der Waals surface area contributed by atoms with Gasteiger partial charge in [0.05, 0.1) is 15.7 Å². The van der Waals surface area contributed by atoms with E-state index in [2.05, 4.69) is 83.6 Å². The van der Waals surface area contributed by atoms with E-state index in [-0.39, 0.29) is 10.8 Å². The van der Waals surface area contributed by atoms with Gasteiger partial charge in [0.1, 0.15) is 0 Å². The first-order valence-corrected chi connectivity index (χ1v) is 12.0. The van der Waals surface area contributed by atoms with Gasteiger partial charge in [-0.3, -0.25) is 0 Å². The highest BCUT2D eigenvalue weighted by Crippen LogP contribution is 2.36. The predicted molar refractivity (Wildman–Crippen MR) is 121 cm³/mol. The molecule has 4 heteroatoms. The number of hydrogen-bond donors (Lipinski definition) is 1. The maximum absolute atomic E-state index is 12.8. The van der Waals surface area contributed by atoms with E-state index < -0.39 is 18.9 Å². The molecule has 0 bridgehead atoms. The third-order valence-electron chi connectivity index (χ3n) is 4.55. The highest BCUT2D eigenvalue weighted by Gasteiger charge is 2.28. The minimum atomic E-state index is -1.10. The van der Waals surface area contributed by atoms with Crippen LogP contribution >= 0.6 is 7.92 Å². The van der Waals surface area contributed by atoms with Gasteiger partial charge in [-0.25, -0.2) is 8.93 Å². The SMILES string of the molecule is CC(C)(C)[S@@](=O)N[C@H](CP(c1ccccc1)c1ccccc1)C1=CC=CC1. The second-order valence-corrected chi connectivity index (χ2v) is 12.0. The summed E-state index contributed by atoms with van der Waals surface area (Å²) in [5, 5.41) is 2.72. The topological polar surface area (TPSA) is 29.1 Å². The van der Waals surface area contributed by atoms with Crippen LogP contribution in [0.5, 0.6) is 0 Å². The van der Waals surface area contributed by atoms with E-state index in [0.717, 1.165) is 12.6 Å². The van der Waals surface area contributed by atoms with Gasteiger partial charge in [0.15, 0.2) is 0 Å². The molecule has 3 rings (SSSR count). The van der Waals surface area contributed by atoms with Gasteiger partial charge in [0.2, 0.25) is 0 Å². The van der Waals surface area contributed by atoms with E-state index >= 15 is 0 Å². The van der Waals surface area contributed by atoms with Crippen molar-refractivity contribution in [3.05, 3.63) is 84.5 Å². The van der Waals surface area contributed by atoms with Crippen molar-refractivity contribution >= 4 is 29.5 Å². The van der Waals surface area contributed by atoms with Crippen molar-refractivity contribution in [3.63, 3.8) is 0 Å². The number of benzene rings is 2. The molecule has 0 aliphatic heterocycles. The molecule has 0 saturated heterocycles. The van der Waals surface area contributed by atoms with Crippen molar-refractivity contribution in [2.24, 2.45) is 0 Å². The quantitative estimate of drug-likeness (QED) is 0.688. The maximum atomic E-state index is 12.8. The van der Waals surface area contributed by atoms with Gasteiger partial charge in [-0.15, -0.1) is 0 Å². The summed E-state index contributed by atoms with van der Waals surface area (Å²) in [5.41, 5.74) is 1.33. The fraction of sp³-hybridized carbons (Fsp3) is 0.304. The fourth-order valence-electron chi connectivity index (χ4n) is 3.02. The Morgan fingerprint density at radius 3 is 2.00 bits per heavy atom. The Morgan fingerprint density at radius 1 is 1.00 bits per heavy atom. The molecule has 0 spiro atoms. The first-order chi connectivity index (χ1) is 12.9. The third kappa shape index (κ3) is 5.48. The average Bonchev–Trinajstić information content (AvgIpc) is 3.20. The summed E-state index contributed by atoms with van der Waals surface area (Å²) in [7, 11) is -1.64. The van der Waals surface area contributed by atoms with Crippen LogP contribution in [-0.4, -0.2) is 21.2 Å². The summed E-state index contributed by atoms with van der Waals surface area (Å²) in [4.78, 5) is 0. The van der Waals surface area contributed by atoms with Crippen molar-refractivity contribution < 1.29 is 4.21 Å². The largest absolute Gasteiger partial charge is 0.242 e. The molecule has 0 amide bonds. The Balaban J connectivity index is 1.91. The lowest BCUT2D eigenvalue weighted by molar-refractivity contribution is 0.624. The number of allylic oxidation sites excluding steroid dienone is 3. The molecule has 27 heavy (non-hydrogen) atoms. The van der Waals surface area contributed by atoms with Crippen LogP contribution in [0, 0.1) is 0 Å². The molecule has 1 N–H and O–H groups in total. The van der Waals surface area contributed by atoms with E-state index in [1.807, 2.05) is 20.8 Å². The summed E-state index contributed by atoms with van der Waals surface area (Å²) in [6.07, 6.45) is 8.35. The van der Waals surface area contributed by atoms with Crippen LogP contribution in [0.25, 0.3) is 0 Å². The van der Waals surface area contributed by atoms with Crippen LogP contribution in [-0.2, 0) is 11.0 Å². The molecular weight excluding hydrogens is 369 g/mol. The minimum absolute atomic E-state index is 0.103. The Kier molecular flexibility index (Phi) is 6.81. The maximum Gasteiger partial charge on any atom is 0.0975 e. The summed E-state index contributed by atoms with van der Waals surface area (Å²) in [5.74, 6) is 0. The lowest BCUT2D eigenvalue weighted by Crippen LogP contribution is -2.43. The molecule has 1 aliphatic carbocycles. The molecule has 0 radical (unpaired) electrons. The molecule has 2 aromatic carbocycles. The third-order valence-corrected chi connectivity index (χ3v) is 8.74. The second kappa shape index (κ2) is 9.10. The van der Waals surface area contributed by atoms with E-state index in [9.17, 15) is 4.21 Å². The summed E-state index contributed by atoms with van der Waals surface area (Å²) in [6.45, 7) is 6.06. The molecule has 2 aromatic rings. The van der Waals surface area contributed by atoms with Crippen molar-refractivity contribution in [2.45, 2.75) is 38.0 Å². The van der Waals surface area contributed by atoms with Crippen molar-refractivity contribution in [2.75, 3.05) is 6.16 Å². The minimum Gasteiger partial charge on any atom is -0.242 e. The molecule has 2 nitrogen and oxygen atoms in total. The highest BCUT2D eigenvalue weighted by molar-refractivity contribution is 7.84. The Labute approximate surface area is 167 Å². The molecule has 0 fully saturated rings. The second-order valence-electron chi connectivity index (χ2n) is 7.71. The van der Waals surface area contributed by atoms with Gasteiger partial charge < -0.3 is 0 Å². The summed E-state index contributed by atoms with van der Waals surface area (Å²) >= 11 is 0. The van der Waals surface area contributed by atoms with Crippen LogP contribution in [0.1, 0.15) is 27.2 Å². The van der Waals surface area contributed by atoms with Crippen LogP contribution in [0.15, 0.2) is 84.5 Å². The molecule has 0 aromatic heterocycles. The van der Waals surface area contributed by atoms with Crippen LogP contribution in [0.2, 0.25) is 0 Å². The fourth-order valence-corrected chi connectivity index (χ4v) is 6.46. The van der Waals surface area contributed by atoms with Crippen molar-refractivity contribution in [1.82, 2.24) is 4.72 Å². The summed E-state index contributed by atoms with van der Waals surface area (Å²) < 4.78 is 16.0. The zero-order chi connectivity index (χ0) is 19.3. The van der Waals surface area contributed by atoms with Gasteiger partial charge in [0, 0.05) is 6.04 Å². The van der Waals surface area contributed by atoms with Crippen molar-refractivity contribution in [1.29, 1.82) is 0 Å². The molecule has 142 valence electrons. The standard InChI is InChI=1S/C23H28NOPS/c1-23(2,3)27(25)24-22(19-12-10-11-13-19)18-26(20-14-6-4-7-15-20)21-16-8-5-9-17-21/h4-12,14-17,22,24H,13,18H2,1-3H3/t22-,27-/m1/s1. The lowest BCUT2D eigenvalue weighted by atomic mass is 10.1. The summed E-state index contributed by atoms with van der Waals surface area (Å²) in [6, 6.07) is 21.6.